The first-order valence-electron chi connectivity index (χ1n) is 9.67. The average molecular weight is 374 g/mol. The van der Waals surface area contributed by atoms with Gasteiger partial charge in [0.1, 0.15) is 0 Å². The van der Waals surface area contributed by atoms with Gasteiger partial charge >= 0.3 is 0 Å². The van der Waals surface area contributed by atoms with Gasteiger partial charge in [-0.25, -0.2) is 0 Å². The Balaban J connectivity index is 1.67. The summed E-state index contributed by atoms with van der Waals surface area (Å²) in [5, 5.41) is 2.03. The number of hydrogen-bond acceptors (Lipinski definition) is 2. The summed E-state index contributed by atoms with van der Waals surface area (Å²) in [4.78, 5) is 26.3. The van der Waals surface area contributed by atoms with Crippen LogP contribution in [0.2, 0.25) is 0 Å². The minimum Gasteiger partial charge on any atom is -0.293 e. The monoisotopic (exact) mass is 374 g/mol. The lowest BCUT2D eigenvalue weighted by molar-refractivity contribution is 0.0976. The molecule has 0 fully saturated rings. The first-order chi connectivity index (χ1) is 14.2. The largest absolute Gasteiger partial charge is 0.293 e. The molecule has 0 radical (unpaired) electrons. The van der Waals surface area contributed by atoms with Crippen molar-refractivity contribution in [3.05, 3.63) is 125 Å². The number of rotatable bonds is 4. The molecule has 5 rings (SSSR count). The molecule has 0 heterocycles. The summed E-state index contributed by atoms with van der Waals surface area (Å²) in [6.07, 6.45) is 3.87. The third kappa shape index (κ3) is 2.90. The summed E-state index contributed by atoms with van der Waals surface area (Å²) in [5.74, 6) is -0.287. The van der Waals surface area contributed by atoms with E-state index in [4.69, 9.17) is 0 Å². The molecule has 0 aromatic heterocycles. The predicted octanol–water partition coefficient (Wildman–Crippen LogP) is 6.06. The normalized spacial score (nSPS) is 14.7. The van der Waals surface area contributed by atoms with Crippen LogP contribution in [0.4, 0.5) is 0 Å². The van der Waals surface area contributed by atoms with Gasteiger partial charge in [-0.05, 0) is 28.0 Å². The first kappa shape index (κ1) is 17.3. The SMILES string of the molecule is O=C(c1ccccc1)c1ccc2cccc3c2c1C=CC3C(=O)c1ccccc1. The molecule has 1 atom stereocenters. The fraction of sp³-hybridized carbons (Fsp3) is 0.0370. The number of carbonyl (C=O) groups excluding carboxylic acids is 2. The fourth-order valence-corrected chi connectivity index (χ4v) is 4.12. The Kier molecular flexibility index (Phi) is 4.18. The van der Waals surface area contributed by atoms with Gasteiger partial charge < -0.3 is 0 Å². The second-order valence-electron chi connectivity index (χ2n) is 7.23. The van der Waals surface area contributed by atoms with Crippen LogP contribution in [0.15, 0.2) is 97.1 Å². The summed E-state index contributed by atoms with van der Waals surface area (Å²) in [5.41, 5.74) is 3.87. The van der Waals surface area contributed by atoms with E-state index >= 15 is 0 Å². The summed E-state index contributed by atoms with van der Waals surface area (Å²) in [7, 11) is 0. The maximum Gasteiger partial charge on any atom is 0.193 e. The van der Waals surface area contributed by atoms with Crippen molar-refractivity contribution in [2.24, 2.45) is 0 Å². The van der Waals surface area contributed by atoms with Gasteiger partial charge in [-0.1, -0.05) is 97.1 Å². The Labute approximate surface area is 169 Å². The Bertz CT molecular complexity index is 1270. The summed E-state index contributed by atoms with van der Waals surface area (Å²) in [6.45, 7) is 0. The molecule has 1 aliphatic carbocycles. The second-order valence-corrected chi connectivity index (χ2v) is 7.23. The molecule has 2 heteroatoms. The van der Waals surface area contributed by atoms with E-state index in [0.717, 1.165) is 21.9 Å². The number of benzene rings is 4. The van der Waals surface area contributed by atoms with Crippen LogP contribution in [0.1, 0.15) is 43.3 Å². The van der Waals surface area contributed by atoms with Crippen LogP contribution < -0.4 is 0 Å². The van der Waals surface area contributed by atoms with E-state index in [2.05, 4.69) is 0 Å². The molecular formula is C27H18O2. The maximum absolute atomic E-state index is 13.2. The fourth-order valence-electron chi connectivity index (χ4n) is 4.12. The van der Waals surface area contributed by atoms with Crippen LogP contribution >= 0.6 is 0 Å². The van der Waals surface area contributed by atoms with Crippen LogP contribution in [0, 0.1) is 0 Å². The van der Waals surface area contributed by atoms with E-state index in [0.29, 0.717) is 16.7 Å². The van der Waals surface area contributed by atoms with Crippen molar-refractivity contribution in [3.8, 4) is 0 Å². The Hall–Kier alpha value is -3.78. The Morgan fingerprint density at radius 1 is 0.655 bits per heavy atom. The summed E-state index contributed by atoms with van der Waals surface area (Å²) < 4.78 is 0. The highest BCUT2D eigenvalue weighted by Gasteiger charge is 2.27. The molecule has 4 aromatic rings. The molecule has 138 valence electrons. The molecule has 2 nitrogen and oxygen atoms in total. The van der Waals surface area contributed by atoms with Crippen molar-refractivity contribution in [2.75, 3.05) is 0 Å². The standard InChI is InChI=1S/C27H18O2/c28-26(19-8-3-1-4-9-19)23-15-14-18-12-7-13-21-24(17-16-22(23)25(18)21)27(29)20-10-5-2-6-11-20/h1-17,24H. The minimum atomic E-state index is -0.351. The quantitative estimate of drug-likeness (QED) is 0.407. The zero-order valence-electron chi connectivity index (χ0n) is 15.7. The highest BCUT2D eigenvalue weighted by molar-refractivity contribution is 6.16. The molecule has 0 amide bonds. The Morgan fingerprint density at radius 3 is 2.07 bits per heavy atom. The number of hydrogen-bond donors (Lipinski definition) is 0. The van der Waals surface area contributed by atoms with Crippen molar-refractivity contribution in [1.82, 2.24) is 0 Å². The third-order valence-electron chi connectivity index (χ3n) is 5.53. The van der Waals surface area contributed by atoms with Gasteiger partial charge in [0.05, 0.1) is 5.92 Å². The number of Topliss-reactive ketones (excluding diaryl/α,β-unsaturated/α-hetero) is 1. The molecule has 0 aliphatic heterocycles. The van der Waals surface area contributed by atoms with E-state index in [9.17, 15) is 9.59 Å². The summed E-state index contributed by atoms with van der Waals surface area (Å²) in [6, 6.07) is 28.5. The molecule has 0 spiro atoms. The lowest BCUT2D eigenvalue weighted by atomic mass is 9.80. The van der Waals surface area contributed by atoms with Crippen molar-refractivity contribution in [2.45, 2.75) is 5.92 Å². The van der Waals surface area contributed by atoms with Crippen molar-refractivity contribution in [3.63, 3.8) is 0 Å². The van der Waals surface area contributed by atoms with E-state index in [1.807, 2.05) is 103 Å². The molecule has 1 aliphatic rings. The maximum atomic E-state index is 13.2. The molecule has 1 unspecified atom stereocenters. The zero-order valence-corrected chi connectivity index (χ0v) is 15.7. The molecule has 0 N–H and O–H groups in total. The van der Waals surface area contributed by atoms with E-state index in [-0.39, 0.29) is 17.5 Å². The Morgan fingerprint density at radius 2 is 1.34 bits per heavy atom. The molecular weight excluding hydrogens is 356 g/mol. The van der Waals surface area contributed by atoms with Crippen molar-refractivity contribution >= 4 is 28.4 Å². The van der Waals surface area contributed by atoms with Gasteiger partial charge in [0, 0.05) is 16.7 Å². The first-order valence-corrected chi connectivity index (χ1v) is 9.67. The van der Waals surface area contributed by atoms with Gasteiger partial charge in [0.25, 0.3) is 0 Å². The smallest absolute Gasteiger partial charge is 0.193 e. The van der Waals surface area contributed by atoms with Gasteiger partial charge in [-0.2, -0.15) is 0 Å². The van der Waals surface area contributed by atoms with E-state index < -0.39 is 0 Å². The molecule has 0 bridgehead atoms. The average Bonchev–Trinajstić information content (AvgIpc) is 2.80. The summed E-state index contributed by atoms with van der Waals surface area (Å²) >= 11 is 0. The van der Waals surface area contributed by atoms with Crippen LogP contribution in [0.3, 0.4) is 0 Å². The van der Waals surface area contributed by atoms with Crippen LogP contribution in [-0.2, 0) is 0 Å². The molecule has 0 saturated heterocycles. The van der Waals surface area contributed by atoms with Crippen molar-refractivity contribution < 1.29 is 9.59 Å². The van der Waals surface area contributed by atoms with Crippen LogP contribution in [0.25, 0.3) is 16.8 Å². The topological polar surface area (TPSA) is 34.1 Å². The van der Waals surface area contributed by atoms with Gasteiger partial charge in [0.2, 0.25) is 0 Å². The minimum absolute atomic E-state index is 0.00483. The highest BCUT2D eigenvalue weighted by atomic mass is 16.1. The van der Waals surface area contributed by atoms with Crippen molar-refractivity contribution in [1.29, 1.82) is 0 Å². The number of ketones is 2. The predicted molar refractivity (Wildman–Crippen MR) is 116 cm³/mol. The van der Waals surface area contributed by atoms with Gasteiger partial charge in [0.15, 0.2) is 11.6 Å². The van der Waals surface area contributed by atoms with Crippen LogP contribution in [-0.4, -0.2) is 11.6 Å². The van der Waals surface area contributed by atoms with E-state index in [1.165, 1.54) is 0 Å². The molecule has 4 aromatic carbocycles. The highest BCUT2D eigenvalue weighted by Crippen LogP contribution is 2.38. The number of carbonyl (C=O) groups is 2. The van der Waals surface area contributed by atoms with E-state index in [1.54, 1.807) is 0 Å². The zero-order chi connectivity index (χ0) is 19.8. The van der Waals surface area contributed by atoms with Gasteiger partial charge in [-0.3, -0.25) is 9.59 Å². The number of allylic oxidation sites excluding steroid dienone is 1. The van der Waals surface area contributed by atoms with Crippen LogP contribution in [0.5, 0.6) is 0 Å². The second kappa shape index (κ2) is 6.99. The molecule has 0 saturated carbocycles. The third-order valence-corrected chi connectivity index (χ3v) is 5.53. The van der Waals surface area contributed by atoms with Gasteiger partial charge in [-0.15, -0.1) is 0 Å². The molecule has 29 heavy (non-hydrogen) atoms. The lowest BCUT2D eigenvalue weighted by Gasteiger charge is -2.22. The lowest BCUT2D eigenvalue weighted by Crippen LogP contribution is -2.15.